The Morgan fingerprint density at radius 1 is 1.19 bits per heavy atom. The van der Waals surface area contributed by atoms with Crippen molar-refractivity contribution in [3.05, 3.63) is 30.1 Å². The maximum atomic E-state index is 12.9. The average molecular weight is 362 g/mol. The average Bonchev–Trinajstić information content (AvgIpc) is 3.34. The lowest BCUT2D eigenvalue weighted by Crippen LogP contribution is -2.07. The van der Waals surface area contributed by atoms with E-state index in [0.717, 1.165) is 5.56 Å². The Balaban J connectivity index is 1.77. The predicted molar refractivity (Wildman–Crippen MR) is 80.1 cm³/mol. The molecule has 0 bridgehead atoms. The minimum atomic E-state index is -4.63. The van der Waals surface area contributed by atoms with Gasteiger partial charge in [0.2, 0.25) is 23.3 Å². The van der Waals surface area contributed by atoms with Gasteiger partial charge in [0, 0.05) is 18.2 Å². The number of rotatable bonds is 2. The number of H-pyrrole nitrogens is 2. The lowest BCUT2D eigenvalue weighted by Gasteiger charge is -2.02. The van der Waals surface area contributed by atoms with Crippen LogP contribution in [0, 0.1) is 0 Å². The summed E-state index contributed by atoms with van der Waals surface area (Å²) in [5.74, 6) is -0.646. The number of nitrogens with zero attached hydrogens (tertiary/aromatic N) is 6. The highest BCUT2D eigenvalue weighted by atomic mass is 19.4. The van der Waals surface area contributed by atoms with Crippen LogP contribution in [-0.4, -0.2) is 46.1 Å². The lowest BCUT2D eigenvalue weighted by atomic mass is 10.2. The summed E-state index contributed by atoms with van der Waals surface area (Å²) in [4.78, 5) is 19.1. The van der Waals surface area contributed by atoms with E-state index in [1.165, 1.54) is 12.5 Å². The van der Waals surface area contributed by atoms with Crippen LogP contribution in [0.4, 0.5) is 13.2 Å². The molecule has 0 aliphatic carbocycles. The molecule has 5 heterocycles. The first-order valence-corrected chi connectivity index (χ1v) is 7.54. The van der Waals surface area contributed by atoms with Crippen LogP contribution in [0.25, 0.3) is 28.7 Å². The smallest absolute Gasteiger partial charge is 0.451 e. The lowest BCUT2D eigenvalue weighted by molar-refractivity contribution is -0.144. The SMILES string of the molecule is FC(F)(F)c1nc(-c2nc3nc4c(cn3c2-c2cnc[nH]2)CCO4)n[nH]1. The minimum Gasteiger partial charge on any atom is -0.477 e. The zero-order valence-electron chi connectivity index (χ0n) is 12.9. The minimum absolute atomic E-state index is 0.150. The number of hydrogen-bond acceptors (Lipinski definition) is 6. The number of nitrogens with one attached hydrogen (secondary N) is 2. The second-order valence-electron chi connectivity index (χ2n) is 5.62. The summed E-state index contributed by atoms with van der Waals surface area (Å²) in [5.41, 5.74) is 2.05. The maximum absolute atomic E-state index is 12.9. The molecule has 0 radical (unpaired) electrons. The van der Waals surface area contributed by atoms with E-state index in [0.29, 0.717) is 30.3 Å². The van der Waals surface area contributed by atoms with Gasteiger partial charge in [-0.1, -0.05) is 0 Å². The summed E-state index contributed by atoms with van der Waals surface area (Å²) in [6.07, 6.45) is 0.850. The van der Waals surface area contributed by atoms with E-state index in [1.807, 2.05) is 5.10 Å². The fourth-order valence-corrected chi connectivity index (χ4v) is 2.84. The Bertz CT molecular complexity index is 1110. The van der Waals surface area contributed by atoms with Crippen LogP contribution in [-0.2, 0) is 12.6 Å². The Morgan fingerprint density at radius 3 is 2.81 bits per heavy atom. The number of aromatic nitrogens is 8. The van der Waals surface area contributed by atoms with Gasteiger partial charge < -0.3 is 9.72 Å². The number of halogens is 3. The Labute approximate surface area is 142 Å². The molecule has 0 spiro atoms. The first-order valence-electron chi connectivity index (χ1n) is 7.54. The summed E-state index contributed by atoms with van der Waals surface area (Å²) in [7, 11) is 0. The Kier molecular flexibility index (Phi) is 2.88. The van der Waals surface area contributed by atoms with E-state index in [-0.39, 0.29) is 17.3 Å². The van der Waals surface area contributed by atoms with Crippen molar-refractivity contribution in [1.82, 2.24) is 39.5 Å². The summed E-state index contributed by atoms with van der Waals surface area (Å²) in [6.45, 7) is 0.525. The predicted octanol–water partition coefficient (Wildman–Crippen LogP) is 1.86. The zero-order valence-corrected chi connectivity index (χ0v) is 12.9. The third-order valence-electron chi connectivity index (χ3n) is 3.98. The first kappa shape index (κ1) is 14.9. The molecular formula is C14H9F3N8O. The summed E-state index contributed by atoms with van der Waals surface area (Å²) >= 11 is 0. The molecule has 4 aromatic rings. The molecule has 0 saturated carbocycles. The van der Waals surface area contributed by atoms with Gasteiger partial charge in [0.25, 0.3) is 0 Å². The van der Waals surface area contributed by atoms with Crippen molar-refractivity contribution in [1.29, 1.82) is 0 Å². The number of ether oxygens (including phenoxy) is 1. The fraction of sp³-hybridized carbons (Fsp3) is 0.214. The fourth-order valence-electron chi connectivity index (χ4n) is 2.84. The molecule has 0 aromatic carbocycles. The number of aromatic amines is 2. The van der Waals surface area contributed by atoms with E-state index in [4.69, 9.17) is 4.74 Å². The van der Waals surface area contributed by atoms with Crippen molar-refractivity contribution in [3.8, 4) is 28.8 Å². The third kappa shape index (κ3) is 2.14. The largest absolute Gasteiger partial charge is 0.477 e. The molecule has 0 saturated heterocycles. The molecule has 0 atom stereocenters. The summed E-state index contributed by atoms with van der Waals surface area (Å²) in [5, 5.41) is 5.57. The summed E-state index contributed by atoms with van der Waals surface area (Å²) < 4.78 is 45.6. The van der Waals surface area contributed by atoms with E-state index in [9.17, 15) is 13.2 Å². The summed E-state index contributed by atoms with van der Waals surface area (Å²) in [6, 6.07) is 0. The Morgan fingerprint density at radius 2 is 2.08 bits per heavy atom. The van der Waals surface area contributed by atoms with Crippen molar-refractivity contribution >= 4 is 5.78 Å². The maximum Gasteiger partial charge on any atom is 0.451 e. The van der Waals surface area contributed by atoms with E-state index in [1.54, 1.807) is 10.6 Å². The first-order chi connectivity index (χ1) is 12.5. The van der Waals surface area contributed by atoms with Gasteiger partial charge in [-0.25, -0.2) is 15.0 Å². The molecule has 1 aliphatic rings. The van der Waals surface area contributed by atoms with E-state index < -0.39 is 12.0 Å². The van der Waals surface area contributed by atoms with Gasteiger partial charge in [-0.3, -0.25) is 9.50 Å². The molecule has 0 unspecified atom stereocenters. The molecule has 2 N–H and O–H groups in total. The molecule has 1 aliphatic heterocycles. The van der Waals surface area contributed by atoms with Crippen LogP contribution in [0.15, 0.2) is 18.7 Å². The van der Waals surface area contributed by atoms with Crippen molar-refractivity contribution in [2.75, 3.05) is 6.61 Å². The molecule has 4 aromatic heterocycles. The van der Waals surface area contributed by atoms with E-state index >= 15 is 0 Å². The van der Waals surface area contributed by atoms with Crippen LogP contribution < -0.4 is 4.74 Å². The molecule has 12 heteroatoms. The normalized spacial score (nSPS) is 14.0. The van der Waals surface area contributed by atoms with Crippen LogP contribution in [0.1, 0.15) is 11.4 Å². The highest BCUT2D eigenvalue weighted by Gasteiger charge is 2.36. The van der Waals surface area contributed by atoms with Crippen molar-refractivity contribution < 1.29 is 17.9 Å². The van der Waals surface area contributed by atoms with Gasteiger partial charge in [0.15, 0.2) is 0 Å². The Hall–Kier alpha value is -3.44. The van der Waals surface area contributed by atoms with E-state index in [2.05, 4.69) is 30.0 Å². The van der Waals surface area contributed by atoms with Gasteiger partial charge in [0.05, 0.1) is 24.8 Å². The number of alkyl halides is 3. The van der Waals surface area contributed by atoms with Crippen molar-refractivity contribution in [2.45, 2.75) is 12.6 Å². The highest BCUT2D eigenvalue weighted by Crippen LogP contribution is 2.33. The molecular weight excluding hydrogens is 353 g/mol. The molecule has 9 nitrogen and oxygen atoms in total. The second-order valence-corrected chi connectivity index (χ2v) is 5.62. The van der Waals surface area contributed by atoms with Crippen LogP contribution >= 0.6 is 0 Å². The van der Waals surface area contributed by atoms with Gasteiger partial charge in [-0.05, 0) is 0 Å². The van der Waals surface area contributed by atoms with Crippen LogP contribution in [0.2, 0.25) is 0 Å². The molecule has 0 fully saturated rings. The third-order valence-corrected chi connectivity index (χ3v) is 3.98. The number of imidazole rings is 2. The highest BCUT2D eigenvalue weighted by molar-refractivity contribution is 5.76. The van der Waals surface area contributed by atoms with Crippen molar-refractivity contribution in [3.63, 3.8) is 0 Å². The monoisotopic (exact) mass is 362 g/mol. The van der Waals surface area contributed by atoms with Gasteiger partial charge in [-0.15, -0.1) is 0 Å². The van der Waals surface area contributed by atoms with Gasteiger partial charge in [0.1, 0.15) is 11.4 Å². The van der Waals surface area contributed by atoms with Crippen LogP contribution in [0.3, 0.4) is 0 Å². The standard InChI is InChI=1S/C14H9F3N8O/c15-14(16,17)12-21-10(23-24-12)8-9(7-3-18-5-19-7)25-4-6-1-2-26-11(6)22-13(25)20-8/h3-5H,1-2H2,(H,18,19)(H,21,23,24). The zero-order chi connectivity index (χ0) is 17.9. The molecule has 132 valence electrons. The van der Waals surface area contributed by atoms with Crippen molar-refractivity contribution in [2.24, 2.45) is 0 Å². The topological polar surface area (TPSA) is 110 Å². The number of hydrogen-bond donors (Lipinski definition) is 2. The van der Waals surface area contributed by atoms with Gasteiger partial charge in [-0.2, -0.15) is 23.3 Å². The van der Waals surface area contributed by atoms with Crippen LogP contribution in [0.5, 0.6) is 5.88 Å². The molecule has 5 rings (SSSR count). The molecule has 0 amide bonds. The quantitative estimate of drug-likeness (QED) is 0.563. The molecule has 26 heavy (non-hydrogen) atoms. The second kappa shape index (κ2) is 5.03. The number of fused-ring (bicyclic) bond motifs is 2. The van der Waals surface area contributed by atoms with Gasteiger partial charge >= 0.3 is 6.18 Å².